The molecule has 1 fully saturated rings. The van der Waals surface area contributed by atoms with Gasteiger partial charge in [0.15, 0.2) is 0 Å². The van der Waals surface area contributed by atoms with Crippen LogP contribution in [0.1, 0.15) is 20.3 Å². The van der Waals surface area contributed by atoms with E-state index in [2.05, 4.69) is 6.58 Å². The predicted molar refractivity (Wildman–Crippen MR) is 44.1 cm³/mol. The predicted octanol–water partition coefficient (Wildman–Crippen LogP) is 0.942. The normalized spacial score (nSPS) is 36.2. The lowest BCUT2D eigenvalue weighted by Gasteiger charge is -2.21. The van der Waals surface area contributed by atoms with Crippen LogP contribution in [0.25, 0.3) is 0 Å². The zero-order valence-corrected chi connectivity index (χ0v) is 7.17. The third kappa shape index (κ3) is 1.33. The Kier molecular flexibility index (Phi) is 2.08. The monoisotopic (exact) mass is 156 g/mol. The van der Waals surface area contributed by atoms with E-state index in [9.17, 15) is 5.11 Å². The van der Waals surface area contributed by atoms with E-state index in [1.165, 1.54) is 0 Å². The SMILES string of the molecule is C=C1[C@H](CO)CC(C)(C)[C@H]1O. The highest BCUT2D eigenvalue weighted by Gasteiger charge is 2.41. The summed E-state index contributed by atoms with van der Waals surface area (Å²) in [4.78, 5) is 0. The average molecular weight is 156 g/mol. The van der Waals surface area contributed by atoms with Crippen LogP contribution < -0.4 is 0 Å². The summed E-state index contributed by atoms with van der Waals surface area (Å²) in [7, 11) is 0. The Morgan fingerprint density at radius 2 is 2.18 bits per heavy atom. The van der Waals surface area contributed by atoms with Crippen molar-refractivity contribution in [1.29, 1.82) is 0 Å². The van der Waals surface area contributed by atoms with Gasteiger partial charge in [0, 0.05) is 12.5 Å². The number of hydrogen-bond donors (Lipinski definition) is 2. The van der Waals surface area contributed by atoms with Gasteiger partial charge < -0.3 is 10.2 Å². The minimum atomic E-state index is -0.445. The molecular weight excluding hydrogens is 140 g/mol. The quantitative estimate of drug-likeness (QED) is 0.555. The lowest BCUT2D eigenvalue weighted by atomic mass is 9.88. The first-order valence-electron chi connectivity index (χ1n) is 3.96. The summed E-state index contributed by atoms with van der Waals surface area (Å²) in [6.45, 7) is 7.88. The first-order valence-corrected chi connectivity index (χ1v) is 3.96. The largest absolute Gasteiger partial charge is 0.396 e. The summed E-state index contributed by atoms with van der Waals surface area (Å²) in [5.74, 6) is 0.0972. The molecular formula is C9H16O2. The van der Waals surface area contributed by atoms with Crippen molar-refractivity contribution in [3.05, 3.63) is 12.2 Å². The van der Waals surface area contributed by atoms with E-state index in [4.69, 9.17) is 5.11 Å². The van der Waals surface area contributed by atoms with Crippen LogP contribution >= 0.6 is 0 Å². The summed E-state index contributed by atoms with van der Waals surface area (Å²) in [5, 5.41) is 18.5. The third-order valence-electron chi connectivity index (χ3n) is 2.61. The Bertz CT molecular complexity index is 172. The van der Waals surface area contributed by atoms with Gasteiger partial charge in [-0.25, -0.2) is 0 Å². The molecule has 1 saturated carbocycles. The lowest BCUT2D eigenvalue weighted by Crippen LogP contribution is -2.22. The number of rotatable bonds is 1. The van der Waals surface area contributed by atoms with Crippen LogP contribution in [-0.2, 0) is 0 Å². The second kappa shape index (κ2) is 2.61. The van der Waals surface area contributed by atoms with Gasteiger partial charge in [-0.15, -0.1) is 0 Å². The van der Waals surface area contributed by atoms with Crippen molar-refractivity contribution in [2.45, 2.75) is 26.4 Å². The van der Waals surface area contributed by atoms with E-state index in [-0.39, 0.29) is 17.9 Å². The molecule has 0 aromatic rings. The highest BCUT2D eigenvalue weighted by molar-refractivity contribution is 5.18. The fourth-order valence-electron chi connectivity index (χ4n) is 1.78. The minimum Gasteiger partial charge on any atom is -0.396 e. The first-order chi connectivity index (χ1) is 4.99. The molecule has 11 heavy (non-hydrogen) atoms. The van der Waals surface area contributed by atoms with Crippen molar-refractivity contribution in [1.82, 2.24) is 0 Å². The summed E-state index contributed by atoms with van der Waals surface area (Å²) in [5.41, 5.74) is 0.683. The second-order valence-electron chi connectivity index (χ2n) is 4.05. The number of hydrogen-bond acceptors (Lipinski definition) is 2. The topological polar surface area (TPSA) is 40.5 Å². The highest BCUT2D eigenvalue weighted by Crippen LogP contribution is 2.43. The van der Waals surface area contributed by atoms with Gasteiger partial charge in [-0.1, -0.05) is 20.4 Å². The van der Waals surface area contributed by atoms with Crippen molar-refractivity contribution >= 4 is 0 Å². The standard InChI is InChI=1S/C9H16O2/c1-6-7(5-10)4-9(2,3)8(6)11/h7-8,10-11H,1,4-5H2,2-3H3/t7-,8-/m0/s1. The van der Waals surface area contributed by atoms with Crippen LogP contribution in [0.3, 0.4) is 0 Å². The van der Waals surface area contributed by atoms with E-state index in [1.807, 2.05) is 13.8 Å². The fourth-order valence-corrected chi connectivity index (χ4v) is 1.78. The molecule has 0 bridgehead atoms. The highest BCUT2D eigenvalue weighted by atomic mass is 16.3. The third-order valence-corrected chi connectivity index (χ3v) is 2.61. The summed E-state index contributed by atoms with van der Waals surface area (Å²) < 4.78 is 0. The Morgan fingerprint density at radius 3 is 2.36 bits per heavy atom. The first kappa shape index (κ1) is 8.75. The Balaban J connectivity index is 2.77. The van der Waals surface area contributed by atoms with Gasteiger partial charge in [-0.2, -0.15) is 0 Å². The zero-order valence-electron chi connectivity index (χ0n) is 7.17. The molecule has 0 aromatic carbocycles. The Hall–Kier alpha value is -0.340. The molecule has 1 aliphatic carbocycles. The van der Waals surface area contributed by atoms with Gasteiger partial charge >= 0.3 is 0 Å². The van der Waals surface area contributed by atoms with Crippen molar-refractivity contribution in [2.24, 2.45) is 11.3 Å². The summed E-state index contributed by atoms with van der Waals surface area (Å²) in [6, 6.07) is 0. The van der Waals surface area contributed by atoms with Gasteiger partial charge in [0.25, 0.3) is 0 Å². The van der Waals surface area contributed by atoms with Crippen LogP contribution in [0.5, 0.6) is 0 Å². The molecule has 0 spiro atoms. The van der Waals surface area contributed by atoms with Crippen LogP contribution in [0.4, 0.5) is 0 Å². The zero-order chi connectivity index (χ0) is 8.65. The molecule has 2 heteroatoms. The van der Waals surface area contributed by atoms with E-state index >= 15 is 0 Å². The molecule has 0 radical (unpaired) electrons. The molecule has 2 nitrogen and oxygen atoms in total. The Labute approximate surface area is 67.6 Å². The van der Waals surface area contributed by atoms with E-state index in [0.29, 0.717) is 0 Å². The Morgan fingerprint density at radius 1 is 1.64 bits per heavy atom. The average Bonchev–Trinajstić information content (AvgIpc) is 2.13. The maximum Gasteiger partial charge on any atom is 0.0802 e. The van der Waals surface area contributed by atoms with Gasteiger partial charge in [0.2, 0.25) is 0 Å². The van der Waals surface area contributed by atoms with Gasteiger partial charge in [0.1, 0.15) is 0 Å². The van der Waals surface area contributed by atoms with Crippen molar-refractivity contribution in [3.63, 3.8) is 0 Å². The molecule has 0 heterocycles. The van der Waals surface area contributed by atoms with E-state index in [0.717, 1.165) is 12.0 Å². The van der Waals surface area contributed by atoms with E-state index < -0.39 is 6.10 Å². The van der Waals surface area contributed by atoms with Crippen LogP contribution in [0, 0.1) is 11.3 Å². The molecule has 2 atom stereocenters. The van der Waals surface area contributed by atoms with Crippen molar-refractivity contribution in [3.8, 4) is 0 Å². The molecule has 1 aliphatic rings. The van der Waals surface area contributed by atoms with Crippen molar-refractivity contribution < 1.29 is 10.2 Å². The lowest BCUT2D eigenvalue weighted by molar-refractivity contribution is 0.103. The van der Waals surface area contributed by atoms with Gasteiger partial charge in [-0.05, 0) is 17.4 Å². The van der Waals surface area contributed by atoms with Crippen molar-refractivity contribution in [2.75, 3.05) is 6.61 Å². The smallest absolute Gasteiger partial charge is 0.0802 e. The summed E-state index contributed by atoms with van der Waals surface area (Å²) in [6.07, 6.45) is 0.392. The van der Waals surface area contributed by atoms with Crippen LogP contribution in [-0.4, -0.2) is 22.9 Å². The van der Waals surface area contributed by atoms with E-state index in [1.54, 1.807) is 0 Å². The molecule has 0 amide bonds. The molecule has 64 valence electrons. The maximum atomic E-state index is 9.62. The van der Waals surface area contributed by atoms with Crippen LogP contribution in [0.2, 0.25) is 0 Å². The maximum absolute atomic E-state index is 9.62. The summed E-state index contributed by atoms with van der Waals surface area (Å²) >= 11 is 0. The molecule has 0 unspecified atom stereocenters. The second-order valence-corrected chi connectivity index (χ2v) is 4.05. The molecule has 0 aliphatic heterocycles. The van der Waals surface area contributed by atoms with Crippen LogP contribution in [0.15, 0.2) is 12.2 Å². The molecule has 1 rings (SSSR count). The molecule has 2 N–H and O–H groups in total. The van der Waals surface area contributed by atoms with Gasteiger partial charge in [-0.3, -0.25) is 0 Å². The fraction of sp³-hybridized carbons (Fsp3) is 0.778. The number of aliphatic hydroxyl groups excluding tert-OH is 2. The minimum absolute atomic E-state index is 0.0972. The number of aliphatic hydroxyl groups is 2. The molecule has 0 aromatic heterocycles. The van der Waals surface area contributed by atoms with Gasteiger partial charge in [0.05, 0.1) is 6.10 Å². The molecule has 0 saturated heterocycles.